The average molecular weight is 193 g/mol. The number of hydrogen-bond acceptors (Lipinski definition) is 3. The molecule has 1 heterocycles. The number of nitrogens with two attached hydrogens (primary N) is 1. The Hall–Kier alpha value is -1.25. The van der Waals surface area contributed by atoms with Gasteiger partial charge < -0.3 is 11.1 Å². The van der Waals surface area contributed by atoms with Crippen molar-refractivity contribution in [2.45, 2.75) is 33.2 Å². The third-order valence-corrected chi connectivity index (χ3v) is 2.72. The molecule has 0 bridgehead atoms. The molecule has 1 rings (SSSR count). The summed E-state index contributed by atoms with van der Waals surface area (Å²) < 4.78 is 0. The zero-order chi connectivity index (χ0) is 10.6. The first-order valence-corrected chi connectivity index (χ1v) is 5.12. The van der Waals surface area contributed by atoms with Crippen molar-refractivity contribution < 1.29 is 0 Å². The lowest BCUT2D eigenvalue weighted by Crippen LogP contribution is -2.23. The fourth-order valence-corrected chi connectivity index (χ4v) is 1.28. The molecule has 0 spiro atoms. The third kappa shape index (κ3) is 2.62. The lowest BCUT2D eigenvalue weighted by molar-refractivity contribution is 0.495. The molecule has 1 aromatic heterocycles. The number of anilines is 2. The van der Waals surface area contributed by atoms with E-state index in [4.69, 9.17) is 5.73 Å². The molecule has 1 aromatic rings. The lowest BCUT2D eigenvalue weighted by Gasteiger charge is -2.21. The third-order valence-electron chi connectivity index (χ3n) is 2.72. The highest BCUT2D eigenvalue weighted by Gasteiger charge is 2.10. The quantitative estimate of drug-likeness (QED) is 0.772. The van der Waals surface area contributed by atoms with Gasteiger partial charge in [0, 0.05) is 12.2 Å². The van der Waals surface area contributed by atoms with Gasteiger partial charge in [-0.1, -0.05) is 20.3 Å². The zero-order valence-electron chi connectivity index (χ0n) is 9.12. The van der Waals surface area contributed by atoms with E-state index in [2.05, 4.69) is 31.1 Å². The number of aromatic nitrogens is 1. The second-order valence-corrected chi connectivity index (χ2v) is 3.75. The topological polar surface area (TPSA) is 50.9 Å². The van der Waals surface area contributed by atoms with Crippen LogP contribution in [0.3, 0.4) is 0 Å². The van der Waals surface area contributed by atoms with Gasteiger partial charge in [0.2, 0.25) is 0 Å². The molecule has 0 aliphatic carbocycles. The molecule has 14 heavy (non-hydrogen) atoms. The Morgan fingerprint density at radius 3 is 2.79 bits per heavy atom. The first kappa shape index (κ1) is 10.8. The second-order valence-electron chi connectivity index (χ2n) is 3.75. The summed E-state index contributed by atoms with van der Waals surface area (Å²) in [4.78, 5) is 4.03. The van der Waals surface area contributed by atoms with Crippen molar-refractivity contribution >= 4 is 11.5 Å². The Bertz CT molecular complexity index is 286. The molecule has 2 unspecified atom stereocenters. The molecule has 0 aromatic carbocycles. The smallest absolute Gasteiger partial charge is 0.146 e. The van der Waals surface area contributed by atoms with E-state index in [1.165, 1.54) is 0 Å². The van der Waals surface area contributed by atoms with Crippen molar-refractivity contribution in [3.63, 3.8) is 0 Å². The van der Waals surface area contributed by atoms with E-state index in [-0.39, 0.29) is 0 Å². The maximum atomic E-state index is 5.74. The lowest BCUT2D eigenvalue weighted by atomic mass is 10.0. The van der Waals surface area contributed by atoms with E-state index in [1.807, 2.05) is 12.1 Å². The fraction of sp³-hybridized carbons (Fsp3) is 0.545. The van der Waals surface area contributed by atoms with Crippen LogP contribution in [0.2, 0.25) is 0 Å². The molecule has 0 saturated heterocycles. The average Bonchev–Trinajstić information content (AvgIpc) is 2.20. The SMILES string of the molecule is CCC(C)C(C)Nc1cccnc1N. The summed E-state index contributed by atoms with van der Waals surface area (Å²) in [7, 11) is 0. The van der Waals surface area contributed by atoms with E-state index in [9.17, 15) is 0 Å². The Kier molecular flexibility index (Phi) is 3.74. The van der Waals surface area contributed by atoms with Crippen molar-refractivity contribution in [1.29, 1.82) is 0 Å². The van der Waals surface area contributed by atoms with Crippen LogP contribution in [0, 0.1) is 5.92 Å². The Balaban J connectivity index is 2.64. The molecular weight excluding hydrogens is 174 g/mol. The second kappa shape index (κ2) is 4.84. The molecule has 3 N–H and O–H groups in total. The van der Waals surface area contributed by atoms with Crippen LogP contribution in [0.25, 0.3) is 0 Å². The highest BCUT2D eigenvalue weighted by molar-refractivity contribution is 5.61. The monoisotopic (exact) mass is 193 g/mol. The van der Waals surface area contributed by atoms with Crippen LogP contribution in [0.1, 0.15) is 27.2 Å². The van der Waals surface area contributed by atoms with E-state index in [0.717, 1.165) is 12.1 Å². The molecule has 0 amide bonds. The van der Waals surface area contributed by atoms with Gasteiger partial charge in [0.05, 0.1) is 5.69 Å². The van der Waals surface area contributed by atoms with Gasteiger partial charge in [0.1, 0.15) is 5.82 Å². The van der Waals surface area contributed by atoms with E-state index >= 15 is 0 Å². The van der Waals surface area contributed by atoms with Crippen LogP contribution in [-0.2, 0) is 0 Å². The molecule has 3 heteroatoms. The number of hydrogen-bond donors (Lipinski definition) is 2. The molecule has 0 fully saturated rings. The molecule has 78 valence electrons. The summed E-state index contributed by atoms with van der Waals surface area (Å²) in [5, 5.41) is 3.37. The Morgan fingerprint density at radius 2 is 2.21 bits per heavy atom. The summed E-state index contributed by atoms with van der Waals surface area (Å²) in [6.07, 6.45) is 2.86. The number of nitrogens with zero attached hydrogens (tertiary/aromatic N) is 1. The molecule has 0 radical (unpaired) electrons. The molecular formula is C11H19N3. The molecule has 0 aliphatic heterocycles. The normalized spacial score (nSPS) is 14.8. The Morgan fingerprint density at radius 1 is 1.50 bits per heavy atom. The highest BCUT2D eigenvalue weighted by atomic mass is 15.0. The fourth-order valence-electron chi connectivity index (χ4n) is 1.28. The predicted octanol–water partition coefficient (Wildman–Crippen LogP) is 2.51. The standard InChI is InChI=1S/C11H19N3/c1-4-8(2)9(3)14-10-6-5-7-13-11(10)12/h5-9,14H,4H2,1-3H3,(H2,12,13). The van der Waals surface area contributed by atoms with Crippen LogP contribution >= 0.6 is 0 Å². The number of rotatable bonds is 4. The van der Waals surface area contributed by atoms with Crippen molar-refractivity contribution in [3.8, 4) is 0 Å². The molecule has 0 saturated carbocycles. The minimum atomic E-state index is 0.423. The van der Waals surface area contributed by atoms with Crippen LogP contribution in [-0.4, -0.2) is 11.0 Å². The van der Waals surface area contributed by atoms with Gasteiger partial charge in [0.15, 0.2) is 0 Å². The highest BCUT2D eigenvalue weighted by Crippen LogP contribution is 2.18. The number of pyridine rings is 1. The van der Waals surface area contributed by atoms with Crippen LogP contribution < -0.4 is 11.1 Å². The molecule has 3 nitrogen and oxygen atoms in total. The van der Waals surface area contributed by atoms with Crippen molar-refractivity contribution in [1.82, 2.24) is 4.98 Å². The number of nitrogens with one attached hydrogen (secondary N) is 1. The predicted molar refractivity (Wildman–Crippen MR) is 61.2 cm³/mol. The summed E-state index contributed by atoms with van der Waals surface area (Å²) in [5.74, 6) is 1.21. The van der Waals surface area contributed by atoms with Gasteiger partial charge in [-0.15, -0.1) is 0 Å². The van der Waals surface area contributed by atoms with Gasteiger partial charge in [-0.05, 0) is 25.0 Å². The maximum Gasteiger partial charge on any atom is 0.146 e. The first-order chi connectivity index (χ1) is 6.65. The van der Waals surface area contributed by atoms with Crippen molar-refractivity contribution in [2.75, 3.05) is 11.1 Å². The van der Waals surface area contributed by atoms with Crippen LogP contribution in [0.15, 0.2) is 18.3 Å². The summed E-state index contributed by atoms with van der Waals surface area (Å²) in [6, 6.07) is 4.27. The molecule has 2 atom stereocenters. The van der Waals surface area contributed by atoms with E-state index < -0.39 is 0 Å². The molecule has 0 aliphatic rings. The van der Waals surface area contributed by atoms with E-state index in [0.29, 0.717) is 17.8 Å². The minimum Gasteiger partial charge on any atom is -0.382 e. The van der Waals surface area contributed by atoms with Crippen LogP contribution in [0.5, 0.6) is 0 Å². The van der Waals surface area contributed by atoms with Gasteiger partial charge in [-0.25, -0.2) is 4.98 Å². The number of nitrogen functional groups attached to an aromatic ring is 1. The van der Waals surface area contributed by atoms with Crippen molar-refractivity contribution in [2.24, 2.45) is 5.92 Å². The summed E-state index contributed by atoms with van der Waals surface area (Å²) in [5.41, 5.74) is 6.67. The van der Waals surface area contributed by atoms with Gasteiger partial charge in [0.25, 0.3) is 0 Å². The summed E-state index contributed by atoms with van der Waals surface area (Å²) >= 11 is 0. The van der Waals surface area contributed by atoms with Gasteiger partial charge in [-0.2, -0.15) is 0 Å². The zero-order valence-corrected chi connectivity index (χ0v) is 9.12. The Labute approximate surface area is 85.7 Å². The minimum absolute atomic E-state index is 0.423. The largest absolute Gasteiger partial charge is 0.382 e. The van der Waals surface area contributed by atoms with Crippen molar-refractivity contribution in [3.05, 3.63) is 18.3 Å². The van der Waals surface area contributed by atoms with Gasteiger partial charge in [-0.3, -0.25) is 0 Å². The van der Waals surface area contributed by atoms with E-state index in [1.54, 1.807) is 6.20 Å². The maximum absolute atomic E-state index is 5.74. The van der Waals surface area contributed by atoms with Gasteiger partial charge >= 0.3 is 0 Å². The summed E-state index contributed by atoms with van der Waals surface area (Å²) in [6.45, 7) is 6.58. The first-order valence-electron chi connectivity index (χ1n) is 5.12. The van der Waals surface area contributed by atoms with Crippen LogP contribution in [0.4, 0.5) is 11.5 Å².